The summed E-state index contributed by atoms with van der Waals surface area (Å²) >= 11 is 0. The van der Waals surface area contributed by atoms with Crippen molar-refractivity contribution in [1.29, 1.82) is 0 Å². The van der Waals surface area contributed by atoms with E-state index in [4.69, 9.17) is 9.90 Å². The van der Waals surface area contributed by atoms with Crippen molar-refractivity contribution in [2.45, 2.75) is 32.5 Å². The number of fused-ring (bicyclic) bond motifs is 2. The third-order valence-corrected chi connectivity index (χ3v) is 6.37. The Morgan fingerprint density at radius 3 is 2.63 bits per heavy atom. The van der Waals surface area contributed by atoms with Crippen molar-refractivity contribution in [2.24, 2.45) is 7.05 Å². The maximum Gasteiger partial charge on any atom is 0.490 e. The summed E-state index contributed by atoms with van der Waals surface area (Å²) in [6.45, 7) is 7.12. The van der Waals surface area contributed by atoms with Crippen molar-refractivity contribution >= 4 is 40.1 Å². The van der Waals surface area contributed by atoms with Gasteiger partial charge >= 0.3 is 18.2 Å². The van der Waals surface area contributed by atoms with Crippen molar-refractivity contribution < 1.29 is 32.3 Å². The molecule has 1 fully saturated rings. The topological polar surface area (TPSA) is 116 Å². The van der Waals surface area contributed by atoms with E-state index in [1.54, 1.807) is 35.8 Å². The van der Waals surface area contributed by atoms with Gasteiger partial charge in [0, 0.05) is 73.9 Å². The average molecular weight is 538 g/mol. The molecule has 2 aliphatic rings. The van der Waals surface area contributed by atoms with Crippen LogP contribution in [-0.4, -0.2) is 70.3 Å². The minimum absolute atomic E-state index is 0.156. The second kappa shape index (κ2) is 10.4. The van der Waals surface area contributed by atoms with E-state index in [2.05, 4.69) is 32.5 Å². The number of piperazine rings is 1. The number of nitrogens with one attached hydrogen (secondary N) is 2. The lowest BCUT2D eigenvalue weighted by Gasteiger charge is -2.34. The van der Waals surface area contributed by atoms with E-state index in [0.717, 1.165) is 42.7 Å². The minimum Gasteiger partial charge on any atom is -0.475 e. The predicted molar refractivity (Wildman–Crippen MR) is 133 cm³/mol. The number of pyridine rings is 1. The fraction of sp³-hybridized carbons (Fsp3) is 0.417. The number of aromatic nitrogens is 3. The first-order chi connectivity index (χ1) is 17.9. The van der Waals surface area contributed by atoms with E-state index in [-0.39, 0.29) is 11.7 Å². The summed E-state index contributed by atoms with van der Waals surface area (Å²) in [5, 5.41) is 18.4. The molecule has 204 valence electrons. The number of hydrogen-bond acceptors (Lipinski definition) is 6. The van der Waals surface area contributed by atoms with Crippen LogP contribution in [0.15, 0.2) is 24.5 Å². The molecule has 2 aliphatic heterocycles. The highest BCUT2D eigenvalue weighted by Gasteiger charge is 2.38. The molecule has 0 radical (unpaired) electrons. The number of carbonyl (C=O) groups is 2. The van der Waals surface area contributed by atoms with E-state index in [1.807, 2.05) is 12.3 Å². The van der Waals surface area contributed by atoms with Gasteiger partial charge in [0.1, 0.15) is 5.82 Å². The van der Waals surface area contributed by atoms with Crippen LogP contribution < -0.4 is 20.4 Å². The zero-order valence-electron chi connectivity index (χ0n) is 20.9. The van der Waals surface area contributed by atoms with Crippen molar-refractivity contribution in [1.82, 2.24) is 20.1 Å². The lowest BCUT2D eigenvalue weighted by atomic mass is 10.1. The average Bonchev–Trinajstić information content (AvgIpc) is 3.45. The molecule has 0 aliphatic carbocycles. The summed E-state index contributed by atoms with van der Waals surface area (Å²) in [6.07, 6.45) is -0.794. The second-order valence-electron chi connectivity index (χ2n) is 9.17. The number of nitrogens with zero attached hydrogens (tertiary/aromatic N) is 5. The SMILES string of the molecule is Cc1c(F)c(NC(=O)N2CCc3c(N4CCN[C@@H](C)C4)ccnc32)cc2cn(C)nc12.O=C(O)C(F)(F)F. The molecule has 0 saturated carbocycles. The van der Waals surface area contributed by atoms with Gasteiger partial charge in [-0.1, -0.05) is 0 Å². The Morgan fingerprint density at radius 2 is 1.97 bits per heavy atom. The quantitative estimate of drug-likeness (QED) is 0.429. The summed E-state index contributed by atoms with van der Waals surface area (Å²) in [5.41, 5.74) is 3.38. The highest BCUT2D eigenvalue weighted by atomic mass is 19.4. The molecule has 3 aromatic rings. The van der Waals surface area contributed by atoms with Gasteiger partial charge in [-0.05, 0) is 32.4 Å². The van der Waals surface area contributed by atoms with Gasteiger partial charge < -0.3 is 20.6 Å². The molecular formula is C24H27F4N7O3. The highest BCUT2D eigenvalue weighted by molar-refractivity contribution is 6.04. The molecular weight excluding hydrogens is 510 g/mol. The van der Waals surface area contributed by atoms with Gasteiger partial charge in [0.15, 0.2) is 5.82 Å². The van der Waals surface area contributed by atoms with Gasteiger partial charge in [0.05, 0.1) is 11.2 Å². The van der Waals surface area contributed by atoms with Gasteiger partial charge in [-0.15, -0.1) is 0 Å². The molecule has 10 nitrogen and oxygen atoms in total. The predicted octanol–water partition coefficient (Wildman–Crippen LogP) is 3.44. The van der Waals surface area contributed by atoms with Crippen LogP contribution >= 0.6 is 0 Å². The molecule has 0 spiro atoms. The second-order valence-corrected chi connectivity index (χ2v) is 9.17. The lowest BCUT2D eigenvalue weighted by Crippen LogP contribution is -2.49. The Hall–Kier alpha value is -3.94. The first-order valence-corrected chi connectivity index (χ1v) is 11.8. The van der Waals surface area contributed by atoms with Crippen LogP contribution in [0, 0.1) is 12.7 Å². The van der Waals surface area contributed by atoms with Crippen LogP contribution in [0.25, 0.3) is 10.9 Å². The van der Waals surface area contributed by atoms with E-state index in [9.17, 15) is 22.4 Å². The number of anilines is 3. The van der Waals surface area contributed by atoms with E-state index in [1.165, 1.54) is 0 Å². The van der Waals surface area contributed by atoms with Gasteiger partial charge in [-0.2, -0.15) is 18.3 Å². The standard InChI is InChI=1S/C22H26FN7O.C2HF3O2/c1-13-11-29(9-7-24-13)18-4-6-25-21-16(18)5-8-30(21)22(31)26-17-10-15-12-28(3)27-20(15)14(2)19(17)23;3-2(4,5)1(6)7/h4,6,10,12-13,24H,5,7-9,11H2,1-3H3,(H,26,31);(H,6,7)/t13-;/m0./s1. The number of rotatable bonds is 2. The maximum atomic E-state index is 14.9. The Kier molecular flexibility index (Phi) is 7.44. The summed E-state index contributed by atoms with van der Waals surface area (Å²) in [5.74, 6) is -2.57. The molecule has 38 heavy (non-hydrogen) atoms. The maximum absolute atomic E-state index is 14.9. The number of aliphatic carboxylic acids is 1. The first-order valence-electron chi connectivity index (χ1n) is 11.8. The van der Waals surface area contributed by atoms with E-state index < -0.39 is 18.0 Å². The Bertz CT molecular complexity index is 1380. The number of amides is 2. The summed E-state index contributed by atoms with van der Waals surface area (Å²) in [7, 11) is 1.79. The van der Waals surface area contributed by atoms with Crippen molar-refractivity contribution in [2.75, 3.05) is 41.3 Å². The number of carboxylic acid groups (broad SMARTS) is 1. The number of urea groups is 1. The molecule has 1 atom stereocenters. The largest absolute Gasteiger partial charge is 0.490 e. The number of hydrogen-bond donors (Lipinski definition) is 3. The van der Waals surface area contributed by atoms with Gasteiger partial charge in [-0.25, -0.2) is 19.0 Å². The summed E-state index contributed by atoms with van der Waals surface area (Å²) in [4.78, 5) is 30.4. The molecule has 0 bridgehead atoms. The lowest BCUT2D eigenvalue weighted by molar-refractivity contribution is -0.192. The molecule has 5 rings (SSSR count). The van der Waals surface area contributed by atoms with E-state index >= 15 is 0 Å². The van der Waals surface area contributed by atoms with Crippen LogP contribution in [0.5, 0.6) is 0 Å². The van der Waals surface area contributed by atoms with Crippen LogP contribution in [-0.2, 0) is 18.3 Å². The van der Waals surface area contributed by atoms with Crippen LogP contribution in [0.1, 0.15) is 18.1 Å². The number of alkyl halides is 3. The molecule has 2 aromatic heterocycles. The van der Waals surface area contributed by atoms with Gasteiger partial charge in [0.2, 0.25) is 0 Å². The van der Waals surface area contributed by atoms with Crippen molar-refractivity contribution in [3.05, 3.63) is 41.5 Å². The van der Waals surface area contributed by atoms with Crippen LogP contribution in [0.3, 0.4) is 0 Å². The highest BCUT2D eigenvalue weighted by Crippen LogP contribution is 2.35. The molecule has 3 N–H and O–H groups in total. The number of benzene rings is 1. The number of halogens is 4. The molecule has 2 amide bonds. The normalized spacial score (nSPS) is 17.2. The Balaban J connectivity index is 0.000000426. The fourth-order valence-electron chi connectivity index (χ4n) is 4.62. The zero-order valence-corrected chi connectivity index (χ0v) is 20.9. The molecule has 0 unspecified atom stereocenters. The van der Waals surface area contributed by atoms with Crippen molar-refractivity contribution in [3.63, 3.8) is 0 Å². The van der Waals surface area contributed by atoms with Crippen LogP contribution in [0.4, 0.5) is 39.5 Å². The van der Waals surface area contributed by atoms with E-state index in [0.29, 0.717) is 29.5 Å². The van der Waals surface area contributed by atoms with Crippen molar-refractivity contribution in [3.8, 4) is 0 Å². The summed E-state index contributed by atoms with van der Waals surface area (Å²) < 4.78 is 48.3. The number of carboxylic acids is 1. The first kappa shape index (κ1) is 27.1. The summed E-state index contributed by atoms with van der Waals surface area (Å²) in [6, 6.07) is 3.69. The number of carbonyl (C=O) groups excluding carboxylic acids is 1. The molecule has 14 heteroatoms. The smallest absolute Gasteiger partial charge is 0.475 e. The zero-order chi connectivity index (χ0) is 27.8. The molecule has 1 saturated heterocycles. The molecule has 1 aromatic carbocycles. The van der Waals surface area contributed by atoms with Gasteiger partial charge in [-0.3, -0.25) is 9.58 Å². The molecule has 4 heterocycles. The monoisotopic (exact) mass is 537 g/mol. The van der Waals surface area contributed by atoms with Crippen LogP contribution in [0.2, 0.25) is 0 Å². The fourth-order valence-corrected chi connectivity index (χ4v) is 4.62. The number of aryl methyl sites for hydroxylation is 2. The third kappa shape index (κ3) is 5.49. The minimum atomic E-state index is -5.08. The Labute approximate surface area is 215 Å². The third-order valence-electron chi connectivity index (χ3n) is 6.37. The van der Waals surface area contributed by atoms with Gasteiger partial charge in [0.25, 0.3) is 0 Å². The Morgan fingerprint density at radius 1 is 1.26 bits per heavy atom.